The molecule has 2 aliphatic rings. The van der Waals surface area contributed by atoms with Gasteiger partial charge in [0, 0.05) is 36.5 Å². The molecule has 0 spiro atoms. The van der Waals surface area contributed by atoms with E-state index in [4.69, 9.17) is 0 Å². The van der Waals surface area contributed by atoms with E-state index in [9.17, 15) is 9.59 Å². The summed E-state index contributed by atoms with van der Waals surface area (Å²) in [7, 11) is 0. The maximum atomic E-state index is 12.9. The molecule has 0 aliphatic carbocycles. The Bertz CT molecular complexity index is 550. The van der Waals surface area contributed by atoms with Crippen molar-refractivity contribution in [2.45, 2.75) is 57.9 Å². The van der Waals surface area contributed by atoms with Gasteiger partial charge in [0.25, 0.3) is 0 Å². The molecule has 0 radical (unpaired) electrons. The van der Waals surface area contributed by atoms with E-state index < -0.39 is 0 Å². The molecular weight excluding hydrogens is 320 g/mol. The summed E-state index contributed by atoms with van der Waals surface area (Å²) in [6, 6.07) is 4.44. The van der Waals surface area contributed by atoms with E-state index in [0.29, 0.717) is 18.4 Å². The van der Waals surface area contributed by atoms with Crippen molar-refractivity contribution in [3.05, 3.63) is 22.4 Å². The first-order chi connectivity index (χ1) is 11.7. The fraction of sp³-hybridized carbons (Fsp3) is 0.684. The number of hydrogen-bond acceptors (Lipinski definition) is 3. The molecule has 1 unspecified atom stereocenters. The number of rotatable bonds is 4. The lowest BCUT2D eigenvalue weighted by Gasteiger charge is -2.39. The topological polar surface area (TPSA) is 40.6 Å². The zero-order chi connectivity index (χ0) is 16.9. The maximum absolute atomic E-state index is 12.9. The van der Waals surface area contributed by atoms with Crippen LogP contribution in [0.25, 0.3) is 0 Å². The van der Waals surface area contributed by atoms with Gasteiger partial charge in [-0.15, -0.1) is 11.3 Å². The molecule has 132 valence electrons. The minimum Gasteiger partial charge on any atom is -0.342 e. The largest absolute Gasteiger partial charge is 0.342 e. The van der Waals surface area contributed by atoms with Crippen LogP contribution in [0.4, 0.5) is 0 Å². The van der Waals surface area contributed by atoms with Crippen LogP contribution in [-0.4, -0.2) is 47.3 Å². The molecule has 1 aromatic heterocycles. The number of amides is 2. The quantitative estimate of drug-likeness (QED) is 0.837. The zero-order valence-corrected chi connectivity index (χ0v) is 15.4. The van der Waals surface area contributed by atoms with Crippen LogP contribution >= 0.6 is 11.3 Å². The molecule has 5 heteroatoms. The van der Waals surface area contributed by atoms with Crippen molar-refractivity contribution in [3.63, 3.8) is 0 Å². The van der Waals surface area contributed by atoms with Gasteiger partial charge in [0.05, 0.1) is 6.42 Å². The SMILES string of the molecule is CCC1CCCCN1C(=O)C1CCN(C(=O)Cc2cccs2)CC1. The third-order valence-electron chi connectivity index (χ3n) is 5.48. The van der Waals surface area contributed by atoms with Crippen molar-refractivity contribution in [1.82, 2.24) is 9.80 Å². The maximum Gasteiger partial charge on any atom is 0.227 e. The first-order valence-electron chi connectivity index (χ1n) is 9.29. The van der Waals surface area contributed by atoms with Crippen molar-refractivity contribution in [3.8, 4) is 0 Å². The average Bonchev–Trinajstić information content (AvgIpc) is 3.14. The van der Waals surface area contributed by atoms with Gasteiger partial charge in [-0.25, -0.2) is 0 Å². The first kappa shape index (κ1) is 17.5. The van der Waals surface area contributed by atoms with Gasteiger partial charge in [0.15, 0.2) is 0 Å². The van der Waals surface area contributed by atoms with Crippen molar-refractivity contribution < 1.29 is 9.59 Å². The molecule has 0 N–H and O–H groups in total. The summed E-state index contributed by atoms with van der Waals surface area (Å²) >= 11 is 1.63. The number of carbonyl (C=O) groups is 2. The molecule has 0 saturated carbocycles. The van der Waals surface area contributed by atoms with E-state index in [0.717, 1.165) is 56.6 Å². The molecule has 24 heavy (non-hydrogen) atoms. The first-order valence-corrected chi connectivity index (χ1v) is 10.2. The van der Waals surface area contributed by atoms with Crippen molar-refractivity contribution in [2.24, 2.45) is 5.92 Å². The number of nitrogens with zero attached hydrogens (tertiary/aromatic N) is 2. The van der Waals surface area contributed by atoms with Gasteiger partial charge >= 0.3 is 0 Å². The van der Waals surface area contributed by atoms with Gasteiger partial charge in [0.1, 0.15) is 0 Å². The Kier molecular flexibility index (Phi) is 5.93. The van der Waals surface area contributed by atoms with E-state index in [1.807, 2.05) is 22.4 Å². The highest BCUT2D eigenvalue weighted by Gasteiger charge is 2.33. The van der Waals surface area contributed by atoms with E-state index >= 15 is 0 Å². The second kappa shape index (κ2) is 8.15. The number of likely N-dealkylation sites (tertiary alicyclic amines) is 2. The number of thiophene rings is 1. The summed E-state index contributed by atoms with van der Waals surface area (Å²) in [5, 5.41) is 2.01. The average molecular weight is 349 g/mol. The second-order valence-electron chi connectivity index (χ2n) is 7.00. The van der Waals surface area contributed by atoms with Gasteiger partial charge in [-0.2, -0.15) is 0 Å². The summed E-state index contributed by atoms with van der Waals surface area (Å²) in [5.41, 5.74) is 0. The van der Waals surface area contributed by atoms with Crippen LogP contribution < -0.4 is 0 Å². The Morgan fingerprint density at radius 3 is 2.62 bits per heavy atom. The molecule has 1 aromatic rings. The molecule has 2 fully saturated rings. The minimum absolute atomic E-state index is 0.114. The van der Waals surface area contributed by atoms with E-state index in [1.54, 1.807) is 11.3 Å². The highest BCUT2D eigenvalue weighted by molar-refractivity contribution is 7.10. The van der Waals surface area contributed by atoms with Gasteiger partial charge in [-0.05, 0) is 50.0 Å². The monoisotopic (exact) mass is 348 g/mol. The van der Waals surface area contributed by atoms with E-state index in [2.05, 4.69) is 11.8 Å². The molecular formula is C19H28N2O2S. The minimum atomic E-state index is 0.114. The van der Waals surface area contributed by atoms with Gasteiger partial charge in [-0.1, -0.05) is 13.0 Å². The fourth-order valence-electron chi connectivity index (χ4n) is 4.00. The van der Waals surface area contributed by atoms with Crippen LogP contribution in [0, 0.1) is 5.92 Å². The molecule has 4 nitrogen and oxygen atoms in total. The van der Waals surface area contributed by atoms with Crippen molar-refractivity contribution in [1.29, 1.82) is 0 Å². The standard InChI is InChI=1S/C19H28N2O2S/c1-2-16-6-3-4-10-21(16)19(23)15-8-11-20(12-9-15)18(22)14-17-7-5-13-24-17/h5,7,13,15-16H,2-4,6,8-12,14H2,1H3. The van der Waals surface area contributed by atoms with Crippen LogP contribution in [0.5, 0.6) is 0 Å². The van der Waals surface area contributed by atoms with E-state index in [1.165, 1.54) is 6.42 Å². The molecule has 3 rings (SSSR count). The zero-order valence-electron chi connectivity index (χ0n) is 14.6. The summed E-state index contributed by atoms with van der Waals surface area (Å²) in [6.07, 6.45) is 6.74. The lowest BCUT2D eigenvalue weighted by Crippen LogP contribution is -2.49. The summed E-state index contributed by atoms with van der Waals surface area (Å²) < 4.78 is 0. The second-order valence-corrected chi connectivity index (χ2v) is 8.03. The summed E-state index contributed by atoms with van der Waals surface area (Å²) in [6.45, 7) is 4.56. The smallest absolute Gasteiger partial charge is 0.227 e. The lowest BCUT2D eigenvalue weighted by molar-refractivity contribution is -0.143. The predicted octanol–water partition coefficient (Wildman–Crippen LogP) is 3.32. The third-order valence-corrected chi connectivity index (χ3v) is 6.36. The molecule has 0 bridgehead atoms. The molecule has 2 saturated heterocycles. The Labute approximate surface area is 148 Å². The summed E-state index contributed by atoms with van der Waals surface area (Å²) in [4.78, 5) is 30.5. The van der Waals surface area contributed by atoms with Crippen molar-refractivity contribution in [2.75, 3.05) is 19.6 Å². The fourth-order valence-corrected chi connectivity index (χ4v) is 4.70. The van der Waals surface area contributed by atoms with Crippen LogP contribution in [0.2, 0.25) is 0 Å². The van der Waals surface area contributed by atoms with Gasteiger partial charge < -0.3 is 9.80 Å². The number of carbonyl (C=O) groups excluding carboxylic acids is 2. The lowest BCUT2D eigenvalue weighted by atomic mass is 9.92. The molecule has 0 aromatic carbocycles. The highest BCUT2D eigenvalue weighted by atomic mass is 32.1. The number of piperidine rings is 2. The summed E-state index contributed by atoms with van der Waals surface area (Å²) in [5.74, 6) is 0.655. The Hall–Kier alpha value is -1.36. The van der Waals surface area contributed by atoms with Crippen LogP contribution in [0.15, 0.2) is 17.5 Å². The molecule has 2 amide bonds. The highest BCUT2D eigenvalue weighted by Crippen LogP contribution is 2.26. The predicted molar refractivity (Wildman–Crippen MR) is 97.0 cm³/mol. The van der Waals surface area contributed by atoms with Crippen LogP contribution in [0.3, 0.4) is 0 Å². The Morgan fingerprint density at radius 1 is 1.17 bits per heavy atom. The van der Waals surface area contributed by atoms with Gasteiger partial charge in [-0.3, -0.25) is 9.59 Å². The third kappa shape index (κ3) is 4.00. The Morgan fingerprint density at radius 2 is 1.96 bits per heavy atom. The van der Waals surface area contributed by atoms with Crippen LogP contribution in [0.1, 0.15) is 50.3 Å². The normalized spacial score (nSPS) is 22.6. The van der Waals surface area contributed by atoms with E-state index in [-0.39, 0.29) is 11.8 Å². The molecule has 1 atom stereocenters. The molecule has 2 aliphatic heterocycles. The number of hydrogen-bond donors (Lipinski definition) is 0. The Balaban J connectivity index is 1.50. The van der Waals surface area contributed by atoms with Gasteiger partial charge in [0.2, 0.25) is 11.8 Å². The molecule has 3 heterocycles. The van der Waals surface area contributed by atoms with Crippen molar-refractivity contribution >= 4 is 23.2 Å². The van der Waals surface area contributed by atoms with Crippen LogP contribution in [-0.2, 0) is 16.0 Å².